The molecular formula is C48H88. The highest BCUT2D eigenvalue weighted by molar-refractivity contribution is 4.90. The summed E-state index contributed by atoms with van der Waals surface area (Å²) in [5.41, 5.74) is 0. The van der Waals surface area contributed by atoms with Crippen molar-refractivity contribution in [1.29, 1.82) is 0 Å². The summed E-state index contributed by atoms with van der Waals surface area (Å²) >= 11 is 0. The summed E-state index contributed by atoms with van der Waals surface area (Å²) in [6.45, 7) is 19.3. The van der Waals surface area contributed by atoms with E-state index in [-0.39, 0.29) is 0 Å². The average molecular weight is 665 g/mol. The van der Waals surface area contributed by atoms with Gasteiger partial charge in [-0.25, -0.2) is 0 Å². The Morgan fingerprint density at radius 2 is 0.646 bits per heavy atom. The maximum Gasteiger partial charge on any atom is -0.0355 e. The first-order valence-electron chi connectivity index (χ1n) is 23.1. The van der Waals surface area contributed by atoms with E-state index in [9.17, 15) is 0 Å². The number of rotatable bonds is 4. The first-order chi connectivity index (χ1) is 23.1. The maximum absolute atomic E-state index is 2.42. The monoisotopic (exact) mass is 665 g/mol. The van der Waals surface area contributed by atoms with E-state index in [1.165, 1.54) is 64.2 Å². The summed E-state index contributed by atoms with van der Waals surface area (Å²) in [5, 5.41) is 0. The van der Waals surface area contributed by atoms with E-state index in [2.05, 4.69) is 55.4 Å². The molecule has 0 aliphatic heterocycles. The highest BCUT2D eigenvalue weighted by Gasteiger charge is 2.40. The Hall–Kier alpha value is 0. The topological polar surface area (TPSA) is 0 Å². The lowest BCUT2D eigenvalue weighted by atomic mass is 9.69. The lowest BCUT2D eigenvalue weighted by Gasteiger charge is -2.36. The van der Waals surface area contributed by atoms with Gasteiger partial charge in [0.05, 0.1) is 0 Å². The average Bonchev–Trinajstić information content (AvgIpc) is 3.90. The fourth-order valence-electron chi connectivity index (χ4n) is 13.9. The van der Waals surface area contributed by atoms with E-state index in [0.29, 0.717) is 0 Å². The van der Waals surface area contributed by atoms with Crippen molar-refractivity contribution < 1.29 is 0 Å². The minimum atomic E-state index is 0.937. The second kappa shape index (κ2) is 19.2. The molecule has 0 aromatic rings. The molecule has 11 unspecified atom stereocenters. The first kappa shape index (κ1) is 39.2. The zero-order valence-corrected chi connectivity index (χ0v) is 34.2. The van der Waals surface area contributed by atoms with Gasteiger partial charge in [-0.05, 0) is 159 Å². The first-order valence-corrected chi connectivity index (χ1v) is 23.1. The van der Waals surface area contributed by atoms with E-state index in [0.717, 1.165) is 94.7 Å². The highest BCUT2D eigenvalue weighted by atomic mass is 14.4. The van der Waals surface area contributed by atoms with Gasteiger partial charge >= 0.3 is 0 Å². The zero-order valence-electron chi connectivity index (χ0n) is 34.2. The summed E-state index contributed by atoms with van der Waals surface area (Å²) < 4.78 is 0. The van der Waals surface area contributed by atoms with Crippen LogP contribution in [0.2, 0.25) is 0 Å². The van der Waals surface area contributed by atoms with Crippen molar-refractivity contribution in [2.75, 3.05) is 0 Å². The Labute approximate surface area is 303 Å². The lowest BCUT2D eigenvalue weighted by molar-refractivity contribution is 0.138. The van der Waals surface area contributed by atoms with Crippen LogP contribution in [0.3, 0.4) is 0 Å². The van der Waals surface area contributed by atoms with E-state index in [1.807, 2.05) is 0 Å². The summed E-state index contributed by atoms with van der Waals surface area (Å²) in [7, 11) is 0. The molecule has 8 rings (SSSR count). The van der Waals surface area contributed by atoms with Crippen LogP contribution in [0.1, 0.15) is 209 Å². The van der Waals surface area contributed by atoms with Crippen molar-refractivity contribution in [3.63, 3.8) is 0 Å². The highest BCUT2D eigenvalue weighted by Crippen LogP contribution is 2.50. The third-order valence-corrected chi connectivity index (χ3v) is 17.0. The molecule has 0 radical (unpaired) electrons. The zero-order chi connectivity index (χ0) is 34.2. The van der Waals surface area contributed by atoms with Gasteiger partial charge in [0, 0.05) is 0 Å². The Balaban J connectivity index is 0.000000125. The molecule has 8 aliphatic carbocycles. The molecule has 48 heavy (non-hydrogen) atoms. The van der Waals surface area contributed by atoms with Gasteiger partial charge in [0.2, 0.25) is 0 Å². The van der Waals surface area contributed by atoms with Gasteiger partial charge in [-0.3, -0.25) is 0 Å². The van der Waals surface area contributed by atoms with E-state index < -0.39 is 0 Å². The second-order valence-electron chi connectivity index (χ2n) is 20.9. The van der Waals surface area contributed by atoms with Gasteiger partial charge in [0.25, 0.3) is 0 Å². The molecule has 0 N–H and O–H groups in total. The maximum atomic E-state index is 2.42. The molecule has 0 heteroatoms. The molecule has 0 amide bonds. The molecule has 11 atom stereocenters. The fraction of sp³-hybridized carbons (Fsp3) is 1.00. The van der Waals surface area contributed by atoms with Crippen molar-refractivity contribution in [1.82, 2.24) is 0 Å². The number of fused-ring (bicyclic) bond motifs is 4. The Kier molecular flexibility index (Phi) is 15.7. The number of hydrogen-bond donors (Lipinski definition) is 0. The van der Waals surface area contributed by atoms with E-state index in [1.54, 1.807) is 89.9 Å². The normalized spacial score (nSPS) is 41.8. The quantitative estimate of drug-likeness (QED) is 0.280. The van der Waals surface area contributed by atoms with Gasteiger partial charge in [-0.15, -0.1) is 0 Å². The van der Waals surface area contributed by atoms with Crippen LogP contribution in [0, 0.1) is 94.7 Å². The molecule has 0 spiro atoms. The molecule has 280 valence electrons. The summed E-state index contributed by atoms with van der Waals surface area (Å²) in [6.07, 6.45) is 37.0. The molecule has 8 aliphatic rings. The summed E-state index contributed by atoms with van der Waals surface area (Å²) in [4.78, 5) is 0. The third-order valence-electron chi connectivity index (χ3n) is 17.0. The molecule has 8 fully saturated rings. The fourth-order valence-corrected chi connectivity index (χ4v) is 13.9. The van der Waals surface area contributed by atoms with Gasteiger partial charge in [0.1, 0.15) is 0 Å². The van der Waals surface area contributed by atoms with Crippen molar-refractivity contribution in [2.45, 2.75) is 209 Å². The Bertz CT molecular complexity index is 856. The van der Waals surface area contributed by atoms with Gasteiger partial charge < -0.3 is 0 Å². The third kappa shape index (κ3) is 10.5. The predicted molar refractivity (Wildman–Crippen MR) is 212 cm³/mol. The van der Waals surface area contributed by atoms with Gasteiger partial charge in [-0.1, -0.05) is 145 Å². The van der Waals surface area contributed by atoms with Crippen molar-refractivity contribution in [3.8, 4) is 0 Å². The van der Waals surface area contributed by atoms with Crippen LogP contribution in [-0.2, 0) is 0 Å². The second-order valence-corrected chi connectivity index (χ2v) is 20.9. The van der Waals surface area contributed by atoms with Crippen molar-refractivity contribution in [3.05, 3.63) is 0 Å². The molecule has 0 aromatic carbocycles. The predicted octanol–water partition coefficient (Wildman–Crippen LogP) is 15.4. The summed E-state index contributed by atoms with van der Waals surface area (Å²) in [5.74, 6) is 17.1. The van der Waals surface area contributed by atoms with Crippen molar-refractivity contribution in [2.24, 2.45) is 94.7 Å². The minimum absolute atomic E-state index is 0.937. The smallest absolute Gasteiger partial charge is 0.0355 e. The van der Waals surface area contributed by atoms with Crippen LogP contribution in [0.4, 0.5) is 0 Å². The van der Waals surface area contributed by atoms with E-state index >= 15 is 0 Å². The van der Waals surface area contributed by atoms with Crippen LogP contribution in [0.5, 0.6) is 0 Å². The Morgan fingerprint density at radius 1 is 0.271 bits per heavy atom. The minimum Gasteiger partial charge on any atom is -0.0625 e. The molecule has 0 heterocycles. The molecule has 8 saturated carbocycles. The lowest BCUT2D eigenvalue weighted by Crippen LogP contribution is -2.27. The molecule has 0 bridgehead atoms. The largest absolute Gasteiger partial charge is 0.0625 e. The van der Waals surface area contributed by atoms with Gasteiger partial charge in [0.15, 0.2) is 0 Å². The van der Waals surface area contributed by atoms with Gasteiger partial charge in [-0.2, -0.15) is 0 Å². The van der Waals surface area contributed by atoms with Crippen LogP contribution in [0.25, 0.3) is 0 Å². The molecular weight excluding hydrogens is 577 g/mol. The SMILES string of the molecule is CC(C)C1CC2CCCCC2C1.CC(C)C1CCC2CCCC2C1.CC(C)C1CCC2CCCCC21.CC(C)C1CCCC2CCCC21. The molecule has 0 saturated heterocycles. The van der Waals surface area contributed by atoms with Crippen LogP contribution >= 0.6 is 0 Å². The van der Waals surface area contributed by atoms with Crippen LogP contribution in [0.15, 0.2) is 0 Å². The Morgan fingerprint density at radius 3 is 1.25 bits per heavy atom. The molecule has 0 aromatic heterocycles. The van der Waals surface area contributed by atoms with Crippen LogP contribution in [-0.4, -0.2) is 0 Å². The van der Waals surface area contributed by atoms with Crippen molar-refractivity contribution >= 4 is 0 Å². The number of hydrogen-bond acceptors (Lipinski definition) is 0. The summed E-state index contributed by atoms with van der Waals surface area (Å²) in [6, 6.07) is 0. The standard InChI is InChI=1S/4C12H22/c1-9(2)11-7-3-5-10-6-4-8-12(10)11;1-9(2)11-7-6-10-4-3-5-12(10)8-11;1-9(2)12-7-10-5-3-4-6-11(10)8-12;1-9(2)11-8-7-10-5-3-4-6-12(10)11/h4*9-12H,3-8H2,1-2H3. The van der Waals surface area contributed by atoms with E-state index in [4.69, 9.17) is 0 Å². The van der Waals surface area contributed by atoms with Crippen LogP contribution < -0.4 is 0 Å². The molecule has 0 nitrogen and oxygen atoms in total.